The fraction of sp³-hybridized carbons (Fsp3) is 0.421. The van der Waals surface area contributed by atoms with E-state index in [0.717, 1.165) is 36.4 Å². The Morgan fingerprint density at radius 1 is 1.36 bits per heavy atom. The molecule has 0 spiro atoms. The number of amides is 2. The highest BCUT2D eigenvalue weighted by atomic mass is 32.1. The zero-order chi connectivity index (χ0) is 17.4. The van der Waals surface area contributed by atoms with Gasteiger partial charge in [0.2, 0.25) is 6.79 Å². The van der Waals surface area contributed by atoms with Gasteiger partial charge in [-0.3, -0.25) is 0 Å². The van der Waals surface area contributed by atoms with Gasteiger partial charge in [-0.25, -0.2) is 4.79 Å². The van der Waals surface area contributed by atoms with E-state index in [-0.39, 0.29) is 24.9 Å². The summed E-state index contributed by atoms with van der Waals surface area (Å²) in [5, 5.41) is 5.27. The molecule has 0 radical (unpaired) electrons. The monoisotopic (exact) mass is 358 g/mol. The third-order valence-electron chi connectivity index (χ3n) is 4.98. The van der Waals surface area contributed by atoms with E-state index in [2.05, 4.69) is 23.7 Å². The molecule has 0 bridgehead atoms. The molecular weight excluding hydrogens is 336 g/mol. The van der Waals surface area contributed by atoms with Crippen LogP contribution in [0, 0.1) is 0 Å². The fourth-order valence-electron chi connectivity index (χ4n) is 3.61. The number of nitrogens with one attached hydrogen (secondary N) is 1. The molecule has 1 aromatic carbocycles. The van der Waals surface area contributed by atoms with Crippen molar-refractivity contribution in [2.45, 2.75) is 38.8 Å². The number of carbonyl (C=O) groups is 1. The van der Waals surface area contributed by atoms with Gasteiger partial charge in [-0.1, -0.05) is 13.0 Å². The molecule has 25 heavy (non-hydrogen) atoms. The van der Waals surface area contributed by atoms with Crippen LogP contribution < -0.4 is 14.8 Å². The van der Waals surface area contributed by atoms with Crippen LogP contribution in [0.3, 0.4) is 0 Å². The van der Waals surface area contributed by atoms with Gasteiger partial charge in [-0.15, -0.1) is 11.3 Å². The Morgan fingerprint density at radius 2 is 2.20 bits per heavy atom. The zero-order valence-corrected chi connectivity index (χ0v) is 15.3. The summed E-state index contributed by atoms with van der Waals surface area (Å²) in [5.74, 6) is 1.50. The maximum absolute atomic E-state index is 12.9. The van der Waals surface area contributed by atoms with Crippen molar-refractivity contribution in [3.05, 3.63) is 45.6 Å². The van der Waals surface area contributed by atoms with Gasteiger partial charge in [0.05, 0.1) is 12.1 Å². The number of fused-ring (bicyclic) bond motifs is 2. The third-order valence-corrected chi connectivity index (χ3v) is 5.98. The second-order valence-electron chi connectivity index (χ2n) is 6.45. The molecule has 6 heteroatoms. The number of ether oxygens (including phenoxy) is 2. The summed E-state index contributed by atoms with van der Waals surface area (Å²) in [6.45, 7) is 5.16. The van der Waals surface area contributed by atoms with E-state index >= 15 is 0 Å². The van der Waals surface area contributed by atoms with E-state index in [1.807, 2.05) is 30.0 Å². The Bertz CT molecular complexity index is 789. The Morgan fingerprint density at radius 3 is 3.04 bits per heavy atom. The average molecular weight is 358 g/mol. The number of thiophene rings is 1. The number of hydrogen-bond donors (Lipinski definition) is 1. The summed E-state index contributed by atoms with van der Waals surface area (Å²) in [6.07, 6.45) is 1.87. The van der Waals surface area contributed by atoms with Crippen LogP contribution in [0.15, 0.2) is 29.6 Å². The van der Waals surface area contributed by atoms with Gasteiger partial charge in [0.25, 0.3) is 0 Å². The summed E-state index contributed by atoms with van der Waals surface area (Å²) < 4.78 is 10.8. The minimum absolute atomic E-state index is 0.00568. The van der Waals surface area contributed by atoms with E-state index in [9.17, 15) is 4.79 Å². The summed E-state index contributed by atoms with van der Waals surface area (Å²) in [5.41, 5.74) is 2.32. The van der Waals surface area contributed by atoms with Crippen LogP contribution >= 0.6 is 11.3 Å². The van der Waals surface area contributed by atoms with Gasteiger partial charge in [-0.2, -0.15) is 0 Å². The molecule has 2 amide bonds. The molecule has 1 aromatic heterocycles. The lowest BCUT2D eigenvalue weighted by Crippen LogP contribution is -2.45. The lowest BCUT2D eigenvalue weighted by Gasteiger charge is -2.36. The fourth-order valence-corrected chi connectivity index (χ4v) is 4.54. The highest BCUT2D eigenvalue weighted by molar-refractivity contribution is 7.10. The zero-order valence-electron chi connectivity index (χ0n) is 14.5. The predicted octanol–water partition coefficient (Wildman–Crippen LogP) is 4.26. The topological polar surface area (TPSA) is 50.8 Å². The molecular formula is C19H22N2O3S. The van der Waals surface area contributed by atoms with Crippen molar-refractivity contribution in [3.8, 4) is 11.5 Å². The van der Waals surface area contributed by atoms with E-state index in [1.165, 1.54) is 10.4 Å². The number of urea groups is 1. The van der Waals surface area contributed by atoms with Crippen LogP contribution in [-0.2, 0) is 6.42 Å². The first kappa shape index (κ1) is 16.3. The second kappa shape index (κ2) is 6.59. The van der Waals surface area contributed by atoms with Gasteiger partial charge < -0.3 is 19.7 Å². The van der Waals surface area contributed by atoms with E-state index < -0.39 is 0 Å². The van der Waals surface area contributed by atoms with Crippen molar-refractivity contribution in [1.82, 2.24) is 10.2 Å². The normalized spacial score (nSPS) is 19.4. The minimum atomic E-state index is -0.0941. The molecule has 3 heterocycles. The van der Waals surface area contributed by atoms with Crippen molar-refractivity contribution in [2.24, 2.45) is 0 Å². The Kier molecular flexibility index (Phi) is 4.29. The summed E-state index contributed by atoms with van der Waals surface area (Å²) in [6, 6.07) is 8.04. The molecule has 1 N–H and O–H groups in total. The molecule has 5 nitrogen and oxygen atoms in total. The number of hydrogen-bond acceptors (Lipinski definition) is 4. The van der Waals surface area contributed by atoms with Crippen LogP contribution in [0.5, 0.6) is 11.5 Å². The van der Waals surface area contributed by atoms with Crippen LogP contribution in [0.1, 0.15) is 48.4 Å². The summed E-state index contributed by atoms with van der Waals surface area (Å²) >= 11 is 1.80. The molecule has 4 rings (SSSR count). The van der Waals surface area contributed by atoms with Crippen LogP contribution in [0.2, 0.25) is 0 Å². The van der Waals surface area contributed by atoms with Crippen molar-refractivity contribution < 1.29 is 14.3 Å². The number of benzene rings is 1. The number of rotatable bonds is 3. The quantitative estimate of drug-likeness (QED) is 0.892. The van der Waals surface area contributed by atoms with Gasteiger partial charge >= 0.3 is 6.03 Å². The standard InChI is InChI=1S/C19H22N2O3S/c1-3-15-14-7-9-25-18(14)6-8-21(15)19(22)20-12(2)13-4-5-16-17(10-13)24-11-23-16/h4-5,7,9-10,12,15H,3,6,8,11H2,1-2H3,(H,20,22). The first-order valence-electron chi connectivity index (χ1n) is 8.70. The molecule has 2 aliphatic rings. The van der Waals surface area contributed by atoms with Crippen LogP contribution in [0.25, 0.3) is 0 Å². The first-order chi connectivity index (χ1) is 12.2. The van der Waals surface area contributed by atoms with Gasteiger partial charge in [0, 0.05) is 11.4 Å². The molecule has 2 unspecified atom stereocenters. The molecule has 0 aliphatic carbocycles. The molecule has 2 atom stereocenters. The van der Waals surface area contributed by atoms with Crippen molar-refractivity contribution >= 4 is 17.4 Å². The maximum Gasteiger partial charge on any atom is 0.318 e. The lowest BCUT2D eigenvalue weighted by atomic mass is 9.98. The smallest absolute Gasteiger partial charge is 0.318 e. The average Bonchev–Trinajstić information content (AvgIpc) is 3.28. The van der Waals surface area contributed by atoms with E-state index in [1.54, 1.807) is 11.3 Å². The van der Waals surface area contributed by atoms with Crippen LogP contribution in [0.4, 0.5) is 4.79 Å². The summed E-state index contributed by atoms with van der Waals surface area (Å²) in [7, 11) is 0. The Balaban J connectivity index is 1.48. The van der Waals surface area contributed by atoms with Crippen molar-refractivity contribution in [2.75, 3.05) is 13.3 Å². The molecule has 0 fully saturated rings. The number of nitrogens with zero attached hydrogens (tertiary/aromatic N) is 1. The minimum Gasteiger partial charge on any atom is -0.454 e. The molecule has 0 saturated carbocycles. The highest BCUT2D eigenvalue weighted by Gasteiger charge is 2.31. The Hall–Kier alpha value is -2.21. The van der Waals surface area contributed by atoms with Gasteiger partial charge in [0.1, 0.15) is 0 Å². The van der Waals surface area contributed by atoms with E-state index in [0.29, 0.717) is 0 Å². The third kappa shape index (κ3) is 2.95. The second-order valence-corrected chi connectivity index (χ2v) is 7.45. The van der Waals surface area contributed by atoms with Crippen molar-refractivity contribution in [1.29, 1.82) is 0 Å². The SMILES string of the molecule is CCC1c2ccsc2CCN1C(=O)NC(C)c1ccc2c(c1)OCO2. The molecule has 2 aliphatic heterocycles. The van der Waals surface area contributed by atoms with Crippen LogP contribution in [-0.4, -0.2) is 24.3 Å². The van der Waals surface area contributed by atoms with E-state index in [4.69, 9.17) is 9.47 Å². The number of carbonyl (C=O) groups excluding carboxylic acids is 1. The highest BCUT2D eigenvalue weighted by Crippen LogP contribution is 2.36. The summed E-state index contributed by atoms with van der Waals surface area (Å²) in [4.78, 5) is 16.3. The predicted molar refractivity (Wildman–Crippen MR) is 97.3 cm³/mol. The Labute approximate surface area is 151 Å². The molecule has 132 valence electrons. The maximum atomic E-state index is 12.9. The van der Waals surface area contributed by atoms with Gasteiger partial charge in [-0.05, 0) is 54.5 Å². The molecule has 0 saturated heterocycles. The molecule has 2 aromatic rings. The van der Waals surface area contributed by atoms with Gasteiger partial charge in [0.15, 0.2) is 11.5 Å². The lowest BCUT2D eigenvalue weighted by molar-refractivity contribution is 0.165. The van der Waals surface area contributed by atoms with Crippen molar-refractivity contribution in [3.63, 3.8) is 0 Å². The first-order valence-corrected chi connectivity index (χ1v) is 9.58. The largest absolute Gasteiger partial charge is 0.454 e.